The highest BCUT2D eigenvalue weighted by Gasteiger charge is 2.28. The van der Waals surface area contributed by atoms with Crippen LogP contribution in [0.4, 0.5) is 5.69 Å². The Balaban J connectivity index is 2.04. The number of aromatic nitrogens is 1. The molecule has 3 N–H and O–H groups in total. The molecule has 19 heavy (non-hydrogen) atoms. The van der Waals surface area contributed by atoms with Crippen LogP contribution in [0.2, 0.25) is 5.15 Å². The highest BCUT2D eigenvalue weighted by atomic mass is 35.5. The van der Waals surface area contributed by atoms with E-state index in [1.807, 2.05) is 0 Å². The Hall–Kier alpha value is -1.73. The third kappa shape index (κ3) is 3.39. The second-order valence-electron chi connectivity index (χ2n) is 4.50. The van der Waals surface area contributed by atoms with Crippen molar-refractivity contribution < 1.29 is 9.72 Å². The van der Waals surface area contributed by atoms with Gasteiger partial charge < -0.3 is 11.1 Å². The number of amides is 1. The van der Waals surface area contributed by atoms with Gasteiger partial charge >= 0.3 is 0 Å². The fourth-order valence-corrected chi connectivity index (χ4v) is 1.88. The molecule has 0 radical (unpaired) electrons. The third-order valence-electron chi connectivity index (χ3n) is 3.01. The normalized spacial score (nSPS) is 15.9. The number of nitrogens with two attached hydrogens (primary N) is 1. The number of rotatable bonds is 5. The van der Waals surface area contributed by atoms with E-state index in [9.17, 15) is 14.9 Å². The van der Waals surface area contributed by atoms with E-state index in [4.69, 9.17) is 17.3 Å². The Bertz CT molecular complexity index is 519. The number of hydrogen-bond donors (Lipinski definition) is 2. The van der Waals surface area contributed by atoms with Crippen molar-refractivity contribution in [2.75, 3.05) is 6.54 Å². The Labute approximate surface area is 114 Å². The van der Waals surface area contributed by atoms with Gasteiger partial charge in [0.1, 0.15) is 11.3 Å². The highest BCUT2D eigenvalue weighted by molar-refractivity contribution is 6.32. The van der Waals surface area contributed by atoms with Crippen molar-refractivity contribution >= 4 is 23.2 Å². The molecule has 8 heteroatoms. The van der Waals surface area contributed by atoms with Crippen LogP contribution < -0.4 is 11.1 Å². The maximum atomic E-state index is 11.9. The summed E-state index contributed by atoms with van der Waals surface area (Å²) in [6.07, 6.45) is 3.17. The highest BCUT2D eigenvalue weighted by Crippen LogP contribution is 2.31. The van der Waals surface area contributed by atoms with Crippen LogP contribution >= 0.6 is 11.6 Å². The summed E-state index contributed by atoms with van der Waals surface area (Å²) in [7, 11) is 0. The van der Waals surface area contributed by atoms with Gasteiger partial charge in [-0.25, -0.2) is 4.98 Å². The first-order valence-corrected chi connectivity index (χ1v) is 6.20. The average molecular weight is 285 g/mol. The first kappa shape index (κ1) is 13.7. The molecular formula is C11H13ClN4O3. The van der Waals surface area contributed by atoms with Gasteiger partial charge in [-0.15, -0.1) is 0 Å². The summed E-state index contributed by atoms with van der Waals surface area (Å²) < 4.78 is 0. The lowest BCUT2D eigenvalue weighted by Gasteiger charge is -2.11. The van der Waals surface area contributed by atoms with Crippen molar-refractivity contribution in [3.63, 3.8) is 0 Å². The van der Waals surface area contributed by atoms with Gasteiger partial charge in [-0.1, -0.05) is 11.6 Å². The summed E-state index contributed by atoms with van der Waals surface area (Å²) in [5, 5.41) is 13.2. The van der Waals surface area contributed by atoms with E-state index >= 15 is 0 Å². The number of nitro groups is 1. The molecule has 1 aromatic rings. The van der Waals surface area contributed by atoms with Crippen molar-refractivity contribution in [2.45, 2.75) is 18.9 Å². The molecule has 102 valence electrons. The smallest absolute Gasteiger partial charge is 0.288 e. The van der Waals surface area contributed by atoms with Crippen molar-refractivity contribution in [3.05, 3.63) is 33.1 Å². The van der Waals surface area contributed by atoms with Gasteiger partial charge in [0.15, 0.2) is 0 Å². The maximum Gasteiger partial charge on any atom is 0.288 e. The summed E-state index contributed by atoms with van der Waals surface area (Å²) in [4.78, 5) is 25.5. The molecule has 0 spiro atoms. The molecule has 0 saturated heterocycles. The Morgan fingerprint density at radius 1 is 1.68 bits per heavy atom. The topological polar surface area (TPSA) is 111 Å². The zero-order valence-electron chi connectivity index (χ0n) is 10.0. The lowest BCUT2D eigenvalue weighted by atomic mass is 10.2. The van der Waals surface area contributed by atoms with Gasteiger partial charge in [-0.3, -0.25) is 14.9 Å². The molecule has 1 aliphatic carbocycles. The molecule has 0 bridgehead atoms. The van der Waals surface area contributed by atoms with Crippen LogP contribution in [-0.4, -0.2) is 28.4 Å². The van der Waals surface area contributed by atoms with Crippen molar-refractivity contribution in [1.29, 1.82) is 0 Å². The number of carbonyl (C=O) groups is 1. The number of nitrogens with one attached hydrogen (secondary N) is 1. The zero-order valence-corrected chi connectivity index (χ0v) is 10.8. The monoisotopic (exact) mass is 284 g/mol. The molecule has 1 unspecified atom stereocenters. The molecule has 1 fully saturated rings. The SMILES string of the molecule is NC(CNC(=O)c1cc([N+](=O)[O-])cnc1Cl)C1CC1. The van der Waals surface area contributed by atoms with E-state index in [0.717, 1.165) is 25.1 Å². The summed E-state index contributed by atoms with van der Waals surface area (Å²) in [5.74, 6) is -0.0451. The molecule has 0 aromatic carbocycles. The average Bonchev–Trinajstić information content (AvgIpc) is 3.20. The standard InChI is InChI=1S/C11H13ClN4O3/c12-10-8(3-7(4-14-10)16(18)19)11(17)15-5-9(13)6-1-2-6/h3-4,6,9H,1-2,5,13H2,(H,15,17). The number of halogens is 1. The second kappa shape index (κ2) is 5.50. The summed E-state index contributed by atoms with van der Waals surface area (Å²) >= 11 is 5.76. The maximum absolute atomic E-state index is 11.9. The Kier molecular flexibility index (Phi) is 3.96. The van der Waals surface area contributed by atoms with Crippen LogP contribution in [0.3, 0.4) is 0 Å². The molecule has 1 atom stereocenters. The first-order chi connectivity index (χ1) is 8.99. The minimum absolute atomic E-state index is 0.0149. The largest absolute Gasteiger partial charge is 0.350 e. The van der Waals surface area contributed by atoms with E-state index in [1.165, 1.54) is 0 Å². The van der Waals surface area contributed by atoms with E-state index in [1.54, 1.807) is 0 Å². The lowest BCUT2D eigenvalue weighted by molar-refractivity contribution is -0.385. The van der Waals surface area contributed by atoms with Crippen molar-refractivity contribution in [3.8, 4) is 0 Å². The molecule has 0 aliphatic heterocycles. The van der Waals surface area contributed by atoms with Gasteiger partial charge in [0.2, 0.25) is 0 Å². The predicted molar refractivity (Wildman–Crippen MR) is 68.9 cm³/mol. The zero-order chi connectivity index (χ0) is 14.0. The third-order valence-corrected chi connectivity index (χ3v) is 3.31. The second-order valence-corrected chi connectivity index (χ2v) is 4.86. The van der Waals surface area contributed by atoms with Crippen LogP contribution in [0, 0.1) is 16.0 Å². The van der Waals surface area contributed by atoms with E-state index < -0.39 is 10.8 Å². The molecule has 2 rings (SSSR count). The molecule has 7 nitrogen and oxygen atoms in total. The summed E-state index contributed by atoms with van der Waals surface area (Å²) in [5.41, 5.74) is 5.56. The Morgan fingerprint density at radius 3 is 2.95 bits per heavy atom. The van der Waals surface area contributed by atoms with Gasteiger partial charge in [-0.05, 0) is 18.8 Å². The minimum Gasteiger partial charge on any atom is -0.350 e. The summed E-state index contributed by atoms with van der Waals surface area (Å²) in [6.45, 7) is 0.322. The fourth-order valence-electron chi connectivity index (χ4n) is 1.69. The van der Waals surface area contributed by atoms with Gasteiger partial charge in [0.25, 0.3) is 11.6 Å². The number of hydrogen-bond acceptors (Lipinski definition) is 5. The molecule has 1 aromatic heterocycles. The van der Waals surface area contributed by atoms with Crippen molar-refractivity contribution in [1.82, 2.24) is 10.3 Å². The van der Waals surface area contributed by atoms with E-state index in [2.05, 4.69) is 10.3 Å². The number of nitrogens with zero attached hydrogens (tertiary/aromatic N) is 2. The number of pyridine rings is 1. The van der Waals surface area contributed by atoms with E-state index in [0.29, 0.717) is 12.5 Å². The molecule has 1 saturated carbocycles. The van der Waals surface area contributed by atoms with E-state index in [-0.39, 0.29) is 22.4 Å². The molecule has 1 heterocycles. The number of carbonyl (C=O) groups excluding carboxylic acids is 1. The van der Waals surface area contributed by atoms with Crippen molar-refractivity contribution in [2.24, 2.45) is 11.7 Å². The minimum atomic E-state index is -0.629. The van der Waals surface area contributed by atoms with Gasteiger partial charge in [0.05, 0.1) is 10.5 Å². The first-order valence-electron chi connectivity index (χ1n) is 5.82. The Morgan fingerprint density at radius 2 is 2.37 bits per heavy atom. The van der Waals surface area contributed by atoms with Crippen LogP contribution in [0.15, 0.2) is 12.3 Å². The lowest BCUT2D eigenvalue weighted by Crippen LogP contribution is -2.38. The fraction of sp³-hybridized carbons (Fsp3) is 0.455. The summed E-state index contributed by atoms with van der Waals surface area (Å²) in [6, 6.07) is 1.02. The molecule has 1 aliphatic rings. The predicted octanol–water partition coefficient (Wildman–Crippen LogP) is 1.11. The van der Waals surface area contributed by atoms with Crippen LogP contribution in [-0.2, 0) is 0 Å². The van der Waals surface area contributed by atoms with Crippen LogP contribution in [0.1, 0.15) is 23.2 Å². The molecular weight excluding hydrogens is 272 g/mol. The molecule has 1 amide bonds. The van der Waals surface area contributed by atoms with Crippen LogP contribution in [0.25, 0.3) is 0 Å². The quantitative estimate of drug-likeness (QED) is 0.478. The van der Waals surface area contributed by atoms with Gasteiger partial charge in [0, 0.05) is 18.7 Å². The van der Waals surface area contributed by atoms with Crippen LogP contribution in [0.5, 0.6) is 0 Å². The van der Waals surface area contributed by atoms with Gasteiger partial charge in [-0.2, -0.15) is 0 Å².